The van der Waals surface area contributed by atoms with Crippen LogP contribution < -0.4 is 0 Å². The maximum absolute atomic E-state index is 2.67. The minimum Gasteiger partial charge on any atom is -0.314 e. The average molecular weight is 179 g/mol. The van der Waals surface area contributed by atoms with Gasteiger partial charge in [-0.3, -0.25) is 0 Å². The van der Waals surface area contributed by atoms with Crippen LogP contribution in [0.2, 0.25) is 0 Å². The molecule has 0 aromatic carbocycles. The number of hydrogen-bond acceptors (Lipinski definition) is 3. The summed E-state index contributed by atoms with van der Waals surface area (Å²) in [7, 11) is 0.691. The van der Waals surface area contributed by atoms with E-state index in [1.54, 1.807) is 0 Å². The molecule has 3 fully saturated rings. The fourth-order valence-corrected chi connectivity index (χ4v) is 3.15. The third-order valence-corrected chi connectivity index (χ3v) is 3.65. The fourth-order valence-electron chi connectivity index (χ4n) is 3.15. The van der Waals surface area contributed by atoms with E-state index in [0.29, 0.717) is 7.12 Å². The monoisotopic (exact) mass is 179 g/mol. The topological polar surface area (TPSA) is 9.72 Å². The summed E-state index contributed by atoms with van der Waals surface area (Å²) in [5, 5.41) is 0. The molecule has 72 valence electrons. The van der Waals surface area contributed by atoms with Crippen molar-refractivity contribution in [3.63, 3.8) is 0 Å². The Morgan fingerprint density at radius 3 is 1.15 bits per heavy atom. The standard InChI is InChI=1S/C9H18BN3/c1-4-11-6-2-8-13-9-3-7-12(5-1)10(11)13/h1-9H2. The van der Waals surface area contributed by atoms with E-state index < -0.39 is 0 Å². The largest absolute Gasteiger partial charge is 0.403 e. The second-order valence-electron chi connectivity index (χ2n) is 4.51. The van der Waals surface area contributed by atoms with Crippen LogP contribution in [0.3, 0.4) is 0 Å². The van der Waals surface area contributed by atoms with Crippen molar-refractivity contribution in [3.05, 3.63) is 0 Å². The quantitative estimate of drug-likeness (QED) is 0.488. The van der Waals surface area contributed by atoms with Gasteiger partial charge in [0.15, 0.2) is 0 Å². The molecule has 0 aliphatic carbocycles. The Bertz CT molecular complexity index is 154. The van der Waals surface area contributed by atoms with Gasteiger partial charge in [0.1, 0.15) is 0 Å². The summed E-state index contributed by atoms with van der Waals surface area (Å²) in [5.41, 5.74) is 0. The van der Waals surface area contributed by atoms with E-state index >= 15 is 0 Å². The Balaban J connectivity index is 1.82. The van der Waals surface area contributed by atoms with Crippen LogP contribution in [0.1, 0.15) is 19.3 Å². The molecule has 0 unspecified atom stereocenters. The van der Waals surface area contributed by atoms with Crippen molar-refractivity contribution in [3.8, 4) is 0 Å². The SMILES string of the molecule is C1CN2CCCN3CCCN(C1)B23. The second-order valence-corrected chi connectivity index (χ2v) is 4.51. The molecule has 0 aromatic heterocycles. The van der Waals surface area contributed by atoms with Crippen molar-refractivity contribution in [2.24, 2.45) is 0 Å². The Morgan fingerprint density at radius 2 is 0.846 bits per heavy atom. The summed E-state index contributed by atoms with van der Waals surface area (Å²) < 4.78 is 0. The van der Waals surface area contributed by atoms with Gasteiger partial charge in [0.05, 0.1) is 0 Å². The zero-order chi connectivity index (χ0) is 8.67. The molecular formula is C9H18BN3. The first kappa shape index (κ1) is 8.27. The molecule has 3 heterocycles. The summed E-state index contributed by atoms with van der Waals surface area (Å²) in [6, 6.07) is 0. The van der Waals surface area contributed by atoms with Crippen molar-refractivity contribution >= 4 is 7.12 Å². The molecule has 3 aliphatic rings. The average Bonchev–Trinajstić information content (AvgIpc) is 2.19. The Hall–Kier alpha value is -0.0551. The molecule has 0 amide bonds. The lowest BCUT2D eigenvalue weighted by atomic mass is 9.75. The summed E-state index contributed by atoms with van der Waals surface area (Å²) in [6.07, 6.45) is 4.14. The lowest BCUT2D eigenvalue weighted by molar-refractivity contribution is 0.158. The molecule has 4 heteroatoms. The van der Waals surface area contributed by atoms with E-state index in [9.17, 15) is 0 Å². The Kier molecular flexibility index (Phi) is 2.07. The van der Waals surface area contributed by atoms with Gasteiger partial charge in [-0.25, -0.2) is 0 Å². The highest BCUT2D eigenvalue weighted by molar-refractivity contribution is 6.50. The van der Waals surface area contributed by atoms with E-state index in [1.165, 1.54) is 58.5 Å². The summed E-state index contributed by atoms with van der Waals surface area (Å²) in [6.45, 7) is 7.99. The van der Waals surface area contributed by atoms with Crippen LogP contribution >= 0.6 is 0 Å². The second kappa shape index (κ2) is 3.26. The summed E-state index contributed by atoms with van der Waals surface area (Å²) >= 11 is 0. The van der Waals surface area contributed by atoms with Gasteiger partial charge in [-0.05, 0) is 58.5 Å². The van der Waals surface area contributed by atoms with Crippen molar-refractivity contribution < 1.29 is 0 Å². The van der Waals surface area contributed by atoms with Gasteiger partial charge in [0.2, 0.25) is 0 Å². The third-order valence-electron chi connectivity index (χ3n) is 3.65. The first-order valence-electron chi connectivity index (χ1n) is 5.67. The van der Waals surface area contributed by atoms with Gasteiger partial charge in [-0.2, -0.15) is 0 Å². The summed E-state index contributed by atoms with van der Waals surface area (Å²) in [5.74, 6) is 0. The molecule has 0 radical (unpaired) electrons. The van der Waals surface area contributed by atoms with E-state index in [-0.39, 0.29) is 0 Å². The zero-order valence-corrected chi connectivity index (χ0v) is 8.28. The molecule has 0 spiro atoms. The van der Waals surface area contributed by atoms with E-state index in [0.717, 1.165) is 0 Å². The first-order valence-corrected chi connectivity index (χ1v) is 5.67. The van der Waals surface area contributed by atoms with E-state index in [4.69, 9.17) is 0 Å². The van der Waals surface area contributed by atoms with Crippen LogP contribution in [-0.4, -0.2) is 60.8 Å². The molecule has 13 heavy (non-hydrogen) atoms. The van der Waals surface area contributed by atoms with Crippen LogP contribution in [0.25, 0.3) is 0 Å². The Labute approximate surface area is 80.8 Å². The molecular weight excluding hydrogens is 161 g/mol. The van der Waals surface area contributed by atoms with Gasteiger partial charge < -0.3 is 14.4 Å². The first-order chi connectivity index (χ1) is 6.45. The lowest BCUT2D eigenvalue weighted by Crippen LogP contribution is -2.71. The lowest BCUT2D eigenvalue weighted by Gasteiger charge is -2.51. The highest BCUT2D eigenvalue weighted by Crippen LogP contribution is 2.22. The van der Waals surface area contributed by atoms with Crippen molar-refractivity contribution in [1.82, 2.24) is 14.4 Å². The molecule has 3 aliphatic heterocycles. The predicted octanol–water partition coefficient (Wildman–Crippen LogP) is 0.0884. The highest BCUT2D eigenvalue weighted by Gasteiger charge is 2.43. The number of rotatable bonds is 0. The van der Waals surface area contributed by atoms with Gasteiger partial charge in [0.25, 0.3) is 0 Å². The Morgan fingerprint density at radius 1 is 0.538 bits per heavy atom. The highest BCUT2D eigenvalue weighted by atomic mass is 15.4. The molecule has 0 atom stereocenters. The van der Waals surface area contributed by atoms with Gasteiger partial charge in [-0.1, -0.05) is 0 Å². The molecule has 0 bridgehead atoms. The minimum atomic E-state index is 0.691. The third kappa shape index (κ3) is 1.32. The van der Waals surface area contributed by atoms with Crippen LogP contribution in [0, 0.1) is 0 Å². The van der Waals surface area contributed by atoms with Crippen molar-refractivity contribution in [1.29, 1.82) is 0 Å². The number of hydrogen-bond donors (Lipinski definition) is 0. The van der Waals surface area contributed by atoms with Crippen molar-refractivity contribution in [2.45, 2.75) is 19.3 Å². The molecule has 0 N–H and O–H groups in total. The van der Waals surface area contributed by atoms with Crippen molar-refractivity contribution in [2.75, 3.05) is 39.3 Å². The van der Waals surface area contributed by atoms with E-state index in [2.05, 4.69) is 14.4 Å². The normalized spacial score (nSPS) is 31.8. The van der Waals surface area contributed by atoms with Gasteiger partial charge in [-0.15, -0.1) is 0 Å². The number of nitrogens with zero attached hydrogens (tertiary/aromatic N) is 3. The maximum atomic E-state index is 2.67. The molecule has 0 aromatic rings. The van der Waals surface area contributed by atoms with Gasteiger partial charge >= 0.3 is 7.12 Å². The summed E-state index contributed by atoms with van der Waals surface area (Å²) in [4.78, 5) is 8.02. The minimum absolute atomic E-state index is 0.691. The fraction of sp³-hybridized carbons (Fsp3) is 1.00. The van der Waals surface area contributed by atoms with Gasteiger partial charge in [0, 0.05) is 0 Å². The molecule has 3 saturated heterocycles. The molecule has 3 rings (SSSR count). The smallest absolute Gasteiger partial charge is 0.314 e. The van der Waals surface area contributed by atoms with Crippen LogP contribution in [0.15, 0.2) is 0 Å². The molecule has 0 saturated carbocycles. The predicted molar refractivity (Wildman–Crippen MR) is 54.3 cm³/mol. The van der Waals surface area contributed by atoms with Crippen LogP contribution in [0.4, 0.5) is 0 Å². The molecule has 3 nitrogen and oxygen atoms in total. The van der Waals surface area contributed by atoms with Crippen LogP contribution in [0.5, 0.6) is 0 Å². The van der Waals surface area contributed by atoms with E-state index in [1.807, 2.05) is 0 Å². The maximum Gasteiger partial charge on any atom is 0.403 e. The zero-order valence-electron chi connectivity index (χ0n) is 8.28. The van der Waals surface area contributed by atoms with Crippen LogP contribution in [-0.2, 0) is 0 Å².